The monoisotopic (exact) mass is 474 g/mol. The van der Waals surface area contributed by atoms with E-state index in [2.05, 4.69) is 26.6 Å². The summed E-state index contributed by atoms with van der Waals surface area (Å²) in [5, 5.41) is 6.27. The molecule has 0 fully saturated rings. The van der Waals surface area contributed by atoms with Crippen LogP contribution in [0, 0.1) is 0 Å². The van der Waals surface area contributed by atoms with Gasteiger partial charge in [0.2, 0.25) is 0 Å². The number of nitrogens with two attached hydrogens (primary N) is 2. The first-order valence-electron chi connectivity index (χ1n) is 8.68. The number of hydrogen-bond donors (Lipinski definition) is 4. The van der Waals surface area contributed by atoms with Crippen LogP contribution in [-0.2, 0) is 0 Å². The first-order chi connectivity index (χ1) is 13.9. The molecule has 0 aliphatic rings. The van der Waals surface area contributed by atoms with Crippen molar-refractivity contribution in [1.29, 1.82) is 0 Å². The molecule has 6 N–H and O–H groups in total. The Morgan fingerprint density at radius 2 is 1.69 bits per heavy atom. The second kappa shape index (κ2) is 8.97. The number of rotatable bonds is 7. The number of nitrogens with one attached hydrogen (secondary N) is 2. The van der Waals surface area contributed by atoms with Crippen LogP contribution in [0.5, 0.6) is 5.75 Å². The van der Waals surface area contributed by atoms with Gasteiger partial charge in [0.05, 0.1) is 17.9 Å². The number of benzene rings is 2. The number of amides is 2. The van der Waals surface area contributed by atoms with Crippen molar-refractivity contribution in [3.05, 3.63) is 63.4 Å². The molecule has 0 spiro atoms. The topological polar surface area (TPSA) is 119 Å². The third-order valence-corrected chi connectivity index (χ3v) is 5.57. The van der Waals surface area contributed by atoms with Crippen LogP contribution in [-0.4, -0.2) is 18.4 Å². The molecule has 0 bridgehead atoms. The standard InChI is InChI=1S/C20H19BrN4O3S/c1-2-28-14-9-7-13(8-10-14)25-20-15(18(23)26)16(22)17(29-20)19(27)24-12-5-3-11(21)4-6-12/h3-10,25H,2,22H2,1H3,(H2,23,26)(H,24,27). The lowest BCUT2D eigenvalue weighted by Gasteiger charge is -2.07. The third kappa shape index (κ3) is 4.87. The van der Waals surface area contributed by atoms with Crippen LogP contribution in [0.1, 0.15) is 27.0 Å². The van der Waals surface area contributed by atoms with Gasteiger partial charge in [0.1, 0.15) is 15.6 Å². The van der Waals surface area contributed by atoms with E-state index in [1.54, 1.807) is 48.5 Å². The highest BCUT2D eigenvalue weighted by atomic mass is 79.9. The Kier molecular flexibility index (Phi) is 6.40. The average Bonchev–Trinajstić information content (AvgIpc) is 3.01. The predicted octanol–water partition coefficient (Wildman–Crippen LogP) is 4.59. The fraction of sp³-hybridized carbons (Fsp3) is 0.100. The van der Waals surface area contributed by atoms with Crippen LogP contribution >= 0.6 is 27.3 Å². The summed E-state index contributed by atoms with van der Waals surface area (Å²) in [6.07, 6.45) is 0. The van der Waals surface area contributed by atoms with Gasteiger partial charge in [-0.1, -0.05) is 15.9 Å². The highest BCUT2D eigenvalue weighted by molar-refractivity contribution is 9.10. The largest absolute Gasteiger partial charge is 0.494 e. The molecule has 9 heteroatoms. The maximum absolute atomic E-state index is 12.7. The number of halogens is 1. The Balaban J connectivity index is 1.87. The van der Waals surface area contributed by atoms with Crippen molar-refractivity contribution in [3.8, 4) is 5.75 Å². The second-order valence-corrected chi connectivity index (χ2v) is 7.89. The van der Waals surface area contributed by atoms with Crippen molar-refractivity contribution in [3.63, 3.8) is 0 Å². The molecule has 29 heavy (non-hydrogen) atoms. The van der Waals surface area contributed by atoms with Crippen LogP contribution in [0.4, 0.5) is 22.1 Å². The zero-order chi connectivity index (χ0) is 21.0. The second-order valence-electron chi connectivity index (χ2n) is 5.96. The van der Waals surface area contributed by atoms with Gasteiger partial charge < -0.3 is 26.8 Å². The molecular formula is C20H19BrN4O3S. The third-order valence-electron chi connectivity index (χ3n) is 3.92. The van der Waals surface area contributed by atoms with Crippen molar-refractivity contribution >= 4 is 61.1 Å². The highest BCUT2D eigenvalue weighted by Crippen LogP contribution is 2.38. The van der Waals surface area contributed by atoms with Crippen molar-refractivity contribution in [2.45, 2.75) is 6.92 Å². The number of anilines is 4. The molecule has 3 aromatic rings. The molecular weight excluding hydrogens is 456 g/mol. The minimum atomic E-state index is -0.713. The van der Waals surface area contributed by atoms with E-state index in [9.17, 15) is 9.59 Å². The molecule has 0 atom stereocenters. The summed E-state index contributed by atoms with van der Waals surface area (Å²) in [6.45, 7) is 2.47. The van der Waals surface area contributed by atoms with E-state index in [4.69, 9.17) is 16.2 Å². The molecule has 0 saturated heterocycles. The lowest BCUT2D eigenvalue weighted by atomic mass is 10.2. The summed E-state index contributed by atoms with van der Waals surface area (Å²) in [4.78, 5) is 24.8. The summed E-state index contributed by atoms with van der Waals surface area (Å²) in [5.41, 5.74) is 13.0. The van der Waals surface area contributed by atoms with E-state index in [1.165, 1.54) is 0 Å². The van der Waals surface area contributed by atoms with Gasteiger partial charge in [0.15, 0.2) is 0 Å². The first kappa shape index (κ1) is 20.7. The summed E-state index contributed by atoms with van der Waals surface area (Å²) in [6, 6.07) is 14.3. The summed E-state index contributed by atoms with van der Waals surface area (Å²) in [7, 11) is 0. The van der Waals surface area contributed by atoms with Gasteiger partial charge in [-0.15, -0.1) is 11.3 Å². The van der Waals surface area contributed by atoms with Gasteiger partial charge in [-0.05, 0) is 55.5 Å². The number of thiophene rings is 1. The molecule has 0 aliphatic carbocycles. The fourth-order valence-electron chi connectivity index (χ4n) is 2.60. The van der Waals surface area contributed by atoms with Crippen molar-refractivity contribution < 1.29 is 14.3 Å². The zero-order valence-corrected chi connectivity index (χ0v) is 17.9. The van der Waals surface area contributed by atoms with E-state index in [-0.39, 0.29) is 16.1 Å². The Bertz CT molecular complexity index is 1030. The summed E-state index contributed by atoms with van der Waals surface area (Å²) >= 11 is 4.41. The van der Waals surface area contributed by atoms with Gasteiger partial charge in [-0.25, -0.2) is 0 Å². The molecule has 2 aromatic carbocycles. The normalized spacial score (nSPS) is 10.4. The van der Waals surface area contributed by atoms with E-state index < -0.39 is 11.8 Å². The van der Waals surface area contributed by atoms with Gasteiger partial charge in [-0.3, -0.25) is 9.59 Å². The minimum Gasteiger partial charge on any atom is -0.494 e. The minimum absolute atomic E-state index is 0.0468. The van der Waals surface area contributed by atoms with E-state index >= 15 is 0 Å². The molecule has 3 rings (SSSR count). The van der Waals surface area contributed by atoms with Crippen LogP contribution in [0.2, 0.25) is 0 Å². The van der Waals surface area contributed by atoms with Crippen molar-refractivity contribution in [2.24, 2.45) is 5.73 Å². The highest BCUT2D eigenvalue weighted by Gasteiger charge is 2.24. The molecule has 0 radical (unpaired) electrons. The predicted molar refractivity (Wildman–Crippen MR) is 120 cm³/mol. The van der Waals surface area contributed by atoms with Crippen LogP contribution in [0.25, 0.3) is 0 Å². The van der Waals surface area contributed by atoms with E-state index in [1.807, 2.05) is 6.92 Å². The maximum atomic E-state index is 12.7. The maximum Gasteiger partial charge on any atom is 0.267 e. The number of hydrogen-bond acceptors (Lipinski definition) is 6. The average molecular weight is 475 g/mol. The van der Waals surface area contributed by atoms with E-state index in [0.717, 1.165) is 21.6 Å². The van der Waals surface area contributed by atoms with Gasteiger partial charge in [-0.2, -0.15) is 0 Å². The molecule has 1 heterocycles. The van der Waals surface area contributed by atoms with Crippen molar-refractivity contribution in [1.82, 2.24) is 0 Å². The molecule has 0 unspecified atom stereocenters. The fourth-order valence-corrected chi connectivity index (χ4v) is 3.90. The smallest absolute Gasteiger partial charge is 0.267 e. The number of ether oxygens (including phenoxy) is 1. The van der Waals surface area contributed by atoms with Crippen LogP contribution < -0.4 is 26.8 Å². The Labute approximate surface area is 180 Å². The van der Waals surface area contributed by atoms with Crippen molar-refractivity contribution in [2.75, 3.05) is 23.0 Å². The lowest BCUT2D eigenvalue weighted by molar-refractivity contribution is 0.100. The summed E-state index contributed by atoms with van der Waals surface area (Å²) < 4.78 is 6.31. The Morgan fingerprint density at radius 3 is 2.28 bits per heavy atom. The summed E-state index contributed by atoms with van der Waals surface area (Å²) in [5.74, 6) is -0.402. The van der Waals surface area contributed by atoms with Gasteiger partial charge in [0.25, 0.3) is 11.8 Å². The van der Waals surface area contributed by atoms with Gasteiger partial charge >= 0.3 is 0 Å². The Hall–Kier alpha value is -3.04. The number of carbonyl (C=O) groups excluding carboxylic acids is 2. The molecule has 1 aromatic heterocycles. The molecule has 0 saturated carbocycles. The quantitative estimate of drug-likeness (QED) is 0.399. The van der Waals surface area contributed by atoms with Crippen LogP contribution in [0.15, 0.2) is 53.0 Å². The van der Waals surface area contributed by atoms with Gasteiger partial charge in [0, 0.05) is 15.8 Å². The molecule has 7 nitrogen and oxygen atoms in total. The number of carbonyl (C=O) groups is 2. The molecule has 150 valence electrons. The Morgan fingerprint density at radius 1 is 1.07 bits per heavy atom. The zero-order valence-electron chi connectivity index (χ0n) is 15.5. The molecule has 0 aliphatic heterocycles. The molecule has 2 amide bonds. The number of nitrogen functional groups attached to an aromatic ring is 1. The first-order valence-corrected chi connectivity index (χ1v) is 10.3. The van der Waals surface area contributed by atoms with Crippen LogP contribution in [0.3, 0.4) is 0 Å². The SMILES string of the molecule is CCOc1ccc(Nc2sc(C(=O)Nc3ccc(Br)cc3)c(N)c2C(N)=O)cc1. The van der Waals surface area contributed by atoms with E-state index in [0.29, 0.717) is 23.0 Å². The number of primary amides is 1. The lowest BCUT2D eigenvalue weighted by Crippen LogP contribution is -2.16.